The molecular formula is C25H32F2N4O2. The Bertz CT molecular complexity index is 957. The number of aryl methyl sites for hydroxylation is 1. The Hall–Kier alpha value is -3.03. The first kappa shape index (κ1) is 24.6. The summed E-state index contributed by atoms with van der Waals surface area (Å²) >= 11 is 0. The molecule has 1 N–H and O–H groups in total. The van der Waals surface area contributed by atoms with E-state index in [2.05, 4.69) is 29.0 Å². The van der Waals surface area contributed by atoms with Crippen LogP contribution in [0.1, 0.15) is 49.5 Å². The lowest BCUT2D eigenvalue weighted by molar-refractivity contribution is -0.131. The molecule has 8 heteroatoms. The third-order valence-electron chi connectivity index (χ3n) is 5.78. The molecule has 0 saturated carbocycles. The minimum absolute atomic E-state index is 0.00474. The number of halogens is 2. The molecule has 178 valence electrons. The fourth-order valence-corrected chi connectivity index (χ4v) is 4.07. The second-order valence-corrected chi connectivity index (χ2v) is 9.03. The Labute approximate surface area is 194 Å². The van der Waals surface area contributed by atoms with E-state index in [1.165, 1.54) is 6.07 Å². The van der Waals surface area contributed by atoms with Crippen LogP contribution in [-0.4, -0.2) is 53.9 Å². The van der Waals surface area contributed by atoms with Crippen LogP contribution in [0.4, 0.5) is 14.6 Å². The summed E-state index contributed by atoms with van der Waals surface area (Å²) in [6, 6.07) is 7.44. The molecule has 3 rings (SSSR count). The predicted molar refractivity (Wildman–Crippen MR) is 124 cm³/mol. The molecule has 1 unspecified atom stereocenters. The van der Waals surface area contributed by atoms with Gasteiger partial charge < -0.3 is 15.1 Å². The van der Waals surface area contributed by atoms with Gasteiger partial charge in [0.15, 0.2) is 11.6 Å². The highest BCUT2D eigenvalue weighted by Gasteiger charge is 2.22. The number of amides is 2. The van der Waals surface area contributed by atoms with Crippen LogP contribution in [-0.2, 0) is 11.2 Å². The highest BCUT2D eigenvalue weighted by Crippen LogP contribution is 2.16. The summed E-state index contributed by atoms with van der Waals surface area (Å²) in [4.78, 5) is 33.2. The van der Waals surface area contributed by atoms with Gasteiger partial charge in [0.25, 0.3) is 5.91 Å². The molecule has 1 aromatic heterocycles. The Morgan fingerprint density at radius 1 is 1.03 bits per heavy atom. The van der Waals surface area contributed by atoms with Gasteiger partial charge in [-0.1, -0.05) is 19.9 Å². The fourth-order valence-electron chi connectivity index (χ4n) is 4.07. The Morgan fingerprint density at radius 2 is 1.76 bits per heavy atom. The van der Waals surface area contributed by atoms with Crippen LogP contribution in [0.25, 0.3) is 0 Å². The maximum Gasteiger partial charge on any atom is 0.253 e. The summed E-state index contributed by atoms with van der Waals surface area (Å²) in [7, 11) is 0. The molecule has 2 heterocycles. The van der Waals surface area contributed by atoms with E-state index in [4.69, 9.17) is 0 Å². The number of benzene rings is 1. The van der Waals surface area contributed by atoms with E-state index in [1.807, 2.05) is 13.0 Å². The van der Waals surface area contributed by atoms with E-state index >= 15 is 0 Å². The lowest BCUT2D eigenvalue weighted by atomic mass is 10.1. The number of hydrogen-bond donors (Lipinski definition) is 1. The molecule has 1 aromatic carbocycles. The van der Waals surface area contributed by atoms with Gasteiger partial charge in [-0.3, -0.25) is 9.59 Å². The Kier molecular flexibility index (Phi) is 8.36. The maximum atomic E-state index is 13.3. The van der Waals surface area contributed by atoms with Crippen molar-refractivity contribution < 1.29 is 18.4 Å². The van der Waals surface area contributed by atoms with E-state index < -0.39 is 11.6 Å². The van der Waals surface area contributed by atoms with Crippen molar-refractivity contribution in [3.05, 3.63) is 59.3 Å². The monoisotopic (exact) mass is 458 g/mol. The quantitative estimate of drug-likeness (QED) is 0.654. The highest BCUT2D eigenvalue weighted by molar-refractivity contribution is 5.94. The molecule has 1 aliphatic rings. The van der Waals surface area contributed by atoms with Crippen LogP contribution in [0.5, 0.6) is 0 Å². The predicted octanol–water partition coefficient (Wildman–Crippen LogP) is 3.81. The number of aromatic nitrogens is 1. The second kappa shape index (κ2) is 11.2. The summed E-state index contributed by atoms with van der Waals surface area (Å²) in [5.74, 6) is -0.625. The number of anilines is 1. The van der Waals surface area contributed by atoms with Gasteiger partial charge in [0, 0.05) is 44.8 Å². The first-order valence-corrected chi connectivity index (χ1v) is 11.5. The summed E-state index contributed by atoms with van der Waals surface area (Å²) in [6.07, 6.45) is 3.13. The van der Waals surface area contributed by atoms with E-state index in [0.717, 1.165) is 24.4 Å². The highest BCUT2D eigenvalue weighted by atomic mass is 19.2. The molecule has 2 amide bonds. The van der Waals surface area contributed by atoms with E-state index in [1.54, 1.807) is 17.2 Å². The standard InChI is InChI=1S/C25H32F2N4O2/c1-17(2)14-18(3)29-25(33)20-6-8-23(28-16-20)30-10-12-31(13-11-30)24(32)9-5-19-4-7-21(26)22(27)15-19/h4,6-8,15-18H,5,9-14H2,1-3H3,(H,29,33). The summed E-state index contributed by atoms with van der Waals surface area (Å²) in [5, 5.41) is 3.00. The van der Waals surface area contributed by atoms with Crippen molar-refractivity contribution in [3.8, 4) is 0 Å². The van der Waals surface area contributed by atoms with Gasteiger partial charge in [-0.25, -0.2) is 13.8 Å². The molecule has 1 saturated heterocycles. The fraction of sp³-hybridized carbons (Fsp3) is 0.480. The zero-order valence-electron chi connectivity index (χ0n) is 19.5. The minimum atomic E-state index is -0.894. The van der Waals surface area contributed by atoms with E-state index in [-0.39, 0.29) is 24.3 Å². The molecule has 1 fully saturated rings. The number of nitrogens with one attached hydrogen (secondary N) is 1. The van der Waals surface area contributed by atoms with Gasteiger partial charge >= 0.3 is 0 Å². The molecule has 1 aliphatic heterocycles. The molecule has 0 spiro atoms. The number of piperazine rings is 1. The Morgan fingerprint density at radius 3 is 2.36 bits per heavy atom. The molecule has 0 aliphatic carbocycles. The molecular weight excluding hydrogens is 426 g/mol. The lowest BCUT2D eigenvalue weighted by Gasteiger charge is -2.35. The largest absolute Gasteiger partial charge is 0.353 e. The first-order chi connectivity index (χ1) is 15.7. The van der Waals surface area contributed by atoms with Gasteiger partial charge in [0.05, 0.1) is 5.56 Å². The zero-order valence-corrected chi connectivity index (χ0v) is 19.5. The van der Waals surface area contributed by atoms with Crippen LogP contribution >= 0.6 is 0 Å². The number of carbonyl (C=O) groups is 2. The number of rotatable bonds is 8. The average Bonchev–Trinajstić information content (AvgIpc) is 2.79. The third-order valence-corrected chi connectivity index (χ3v) is 5.78. The van der Waals surface area contributed by atoms with Gasteiger partial charge in [-0.15, -0.1) is 0 Å². The van der Waals surface area contributed by atoms with E-state index in [0.29, 0.717) is 49.6 Å². The van der Waals surface area contributed by atoms with E-state index in [9.17, 15) is 18.4 Å². The topological polar surface area (TPSA) is 65.5 Å². The molecule has 33 heavy (non-hydrogen) atoms. The summed E-state index contributed by atoms with van der Waals surface area (Å²) in [6.45, 7) is 8.65. The average molecular weight is 459 g/mol. The third kappa shape index (κ3) is 6.97. The van der Waals surface area contributed by atoms with Gasteiger partial charge in [-0.2, -0.15) is 0 Å². The van der Waals surface area contributed by atoms with Crippen LogP contribution in [0.15, 0.2) is 36.5 Å². The van der Waals surface area contributed by atoms with Crippen LogP contribution in [0, 0.1) is 17.6 Å². The van der Waals surface area contributed by atoms with Crippen molar-refractivity contribution in [2.75, 3.05) is 31.1 Å². The summed E-state index contributed by atoms with van der Waals surface area (Å²) in [5.41, 5.74) is 1.13. The van der Waals surface area contributed by atoms with Crippen molar-refractivity contribution in [2.45, 2.75) is 46.1 Å². The molecule has 0 bridgehead atoms. The minimum Gasteiger partial charge on any atom is -0.353 e. The number of nitrogens with zero attached hydrogens (tertiary/aromatic N) is 3. The second-order valence-electron chi connectivity index (χ2n) is 9.03. The van der Waals surface area contributed by atoms with Crippen molar-refractivity contribution in [2.24, 2.45) is 5.92 Å². The maximum absolute atomic E-state index is 13.3. The van der Waals surface area contributed by atoms with Crippen molar-refractivity contribution in [3.63, 3.8) is 0 Å². The number of hydrogen-bond acceptors (Lipinski definition) is 4. The lowest BCUT2D eigenvalue weighted by Crippen LogP contribution is -2.49. The van der Waals surface area contributed by atoms with Crippen LogP contribution < -0.4 is 10.2 Å². The Balaban J connectivity index is 1.46. The van der Waals surface area contributed by atoms with Gasteiger partial charge in [0.2, 0.25) is 5.91 Å². The van der Waals surface area contributed by atoms with Crippen molar-refractivity contribution in [1.82, 2.24) is 15.2 Å². The zero-order chi connectivity index (χ0) is 24.0. The first-order valence-electron chi connectivity index (χ1n) is 11.5. The SMILES string of the molecule is CC(C)CC(C)NC(=O)c1ccc(N2CCN(C(=O)CCc3ccc(F)c(F)c3)CC2)nc1. The van der Waals surface area contributed by atoms with Crippen LogP contribution in [0.3, 0.4) is 0 Å². The smallest absolute Gasteiger partial charge is 0.253 e. The summed E-state index contributed by atoms with van der Waals surface area (Å²) < 4.78 is 26.4. The number of carbonyl (C=O) groups excluding carboxylic acids is 2. The molecule has 6 nitrogen and oxygen atoms in total. The van der Waals surface area contributed by atoms with Crippen molar-refractivity contribution >= 4 is 17.6 Å². The van der Waals surface area contributed by atoms with Gasteiger partial charge in [0.1, 0.15) is 5.82 Å². The molecule has 0 radical (unpaired) electrons. The van der Waals surface area contributed by atoms with Crippen LogP contribution in [0.2, 0.25) is 0 Å². The molecule has 2 aromatic rings. The molecule has 1 atom stereocenters. The number of pyridine rings is 1. The normalized spacial score (nSPS) is 15.0. The van der Waals surface area contributed by atoms with Crippen molar-refractivity contribution in [1.29, 1.82) is 0 Å². The van der Waals surface area contributed by atoms with Gasteiger partial charge in [-0.05, 0) is 55.5 Å².